The third-order valence-electron chi connectivity index (χ3n) is 6.75. The molecule has 3 rings (SSSR count). The van der Waals surface area contributed by atoms with Gasteiger partial charge in [0.15, 0.2) is 0 Å². The summed E-state index contributed by atoms with van der Waals surface area (Å²) < 4.78 is 9.71. The number of aromatic nitrogens is 4. The molecule has 0 saturated carbocycles. The van der Waals surface area contributed by atoms with Gasteiger partial charge >= 0.3 is 0 Å². The van der Waals surface area contributed by atoms with Crippen LogP contribution in [0.1, 0.15) is 97.0 Å². The van der Waals surface area contributed by atoms with Gasteiger partial charge in [0.1, 0.15) is 5.15 Å². The Morgan fingerprint density at radius 1 is 0.967 bits per heavy atom. The maximum atomic E-state index is 6.83. The van der Waals surface area contributed by atoms with E-state index in [4.69, 9.17) is 21.4 Å². The number of hydrogen-bond donors (Lipinski definition) is 0. The van der Waals surface area contributed by atoms with Crippen molar-refractivity contribution in [1.82, 2.24) is 19.6 Å². The molecule has 0 aromatic carbocycles. The van der Waals surface area contributed by atoms with Crippen LogP contribution in [0.2, 0.25) is 5.15 Å². The Balaban J connectivity index is 1.76. The third-order valence-corrected chi connectivity index (χ3v) is 7.13. The summed E-state index contributed by atoms with van der Waals surface area (Å²) in [7, 11) is 0. The fourth-order valence-electron chi connectivity index (χ4n) is 4.60. The summed E-state index contributed by atoms with van der Waals surface area (Å²) in [4.78, 5) is 0. The Kier molecular flexibility index (Phi) is 6.46. The fraction of sp³-hybridized carbons (Fsp3) is 0.750. The molecule has 2 aromatic heterocycles. The zero-order chi connectivity index (χ0) is 22.3. The summed E-state index contributed by atoms with van der Waals surface area (Å²) in [5.74, 6) is 0. The maximum Gasteiger partial charge on any atom is 0.131 e. The van der Waals surface area contributed by atoms with Gasteiger partial charge in [-0.15, -0.1) is 0 Å². The van der Waals surface area contributed by atoms with E-state index in [0.29, 0.717) is 6.04 Å². The highest BCUT2D eigenvalue weighted by Crippen LogP contribution is 2.39. The Labute approximate surface area is 187 Å². The van der Waals surface area contributed by atoms with Gasteiger partial charge in [-0.05, 0) is 62.8 Å². The lowest BCUT2D eigenvalue weighted by Gasteiger charge is -2.33. The van der Waals surface area contributed by atoms with E-state index in [9.17, 15) is 0 Å². The first-order valence-electron chi connectivity index (χ1n) is 11.2. The lowest BCUT2D eigenvalue weighted by atomic mass is 9.78. The van der Waals surface area contributed by atoms with Gasteiger partial charge in [0.25, 0.3) is 0 Å². The molecule has 1 aliphatic heterocycles. The van der Waals surface area contributed by atoms with Crippen LogP contribution in [0, 0.1) is 6.92 Å². The van der Waals surface area contributed by atoms with Crippen molar-refractivity contribution in [1.29, 1.82) is 0 Å². The first-order chi connectivity index (χ1) is 13.8. The molecule has 1 saturated heterocycles. The molecule has 1 fully saturated rings. The average molecular weight is 435 g/mol. The van der Waals surface area contributed by atoms with Crippen molar-refractivity contribution >= 4 is 11.6 Å². The van der Waals surface area contributed by atoms with Gasteiger partial charge < -0.3 is 4.74 Å². The van der Waals surface area contributed by atoms with Gasteiger partial charge in [-0.2, -0.15) is 10.2 Å². The van der Waals surface area contributed by atoms with E-state index in [0.717, 1.165) is 49.6 Å². The molecule has 0 atom stereocenters. The van der Waals surface area contributed by atoms with Crippen molar-refractivity contribution in [2.24, 2.45) is 0 Å². The highest BCUT2D eigenvalue weighted by atomic mass is 35.5. The van der Waals surface area contributed by atoms with Crippen LogP contribution in [0.25, 0.3) is 0 Å². The fourth-order valence-corrected chi connectivity index (χ4v) is 5.09. The van der Waals surface area contributed by atoms with Crippen molar-refractivity contribution in [3.63, 3.8) is 0 Å². The number of hydrogen-bond acceptors (Lipinski definition) is 3. The molecule has 30 heavy (non-hydrogen) atoms. The van der Waals surface area contributed by atoms with Crippen LogP contribution >= 0.6 is 11.6 Å². The molecule has 6 heteroatoms. The molecule has 3 heterocycles. The van der Waals surface area contributed by atoms with E-state index in [1.165, 1.54) is 11.3 Å². The van der Waals surface area contributed by atoms with Crippen molar-refractivity contribution in [2.75, 3.05) is 13.2 Å². The van der Waals surface area contributed by atoms with Crippen LogP contribution in [0.5, 0.6) is 0 Å². The predicted molar refractivity (Wildman–Crippen MR) is 124 cm³/mol. The number of ether oxygens (including phenoxy) is 1. The van der Waals surface area contributed by atoms with Gasteiger partial charge in [-0.1, -0.05) is 46.2 Å². The highest BCUT2D eigenvalue weighted by Gasteiger charge is 2.33. The first-order valence-corrected chi connectivity index (χ1v) is 11.6. The van der Waals surface area contributed by atoms with Crippen LogP contribution in [0.3, 0.4) is 0 Å². The van der Waals surface area contributed by atoms with E-state index in [-0.39, 0.29) is 16.4 Å². The van der Waals surface area contributed by atoms with Gasteiger partial charge in [-0.25, -0.2) is 0 Å². The van der Waals surface area contributed by atoms with E-state index in [2.05, 4.69) is 65.2 Å². The molecule has 0 unspecified atom stereocenters. The summed E-state index contributed by atoms with van der Waals surface area (Å²) in [6, 6.07) is 0.342. The molecule has 0 N–H and O–H groups in total. The van der Waals surface area contributed by atoms with Gasteiger partial charge in [-0.3, -0.25) is 9.36 Å². The molecular formula is C24H39ClN4O. The van der Waals surface area contributed by atoms with Crippen LogP contribution in [0.15, 0.2) is 12.4 Å². The summed E-state index contributed by atoms with van der Waals surface area (Å²) in [5, 5.41) is 10.2. The summed E-state index contributed by atoms with van der Waals surface area (Å²) in [6.45, 7) is 19.6. The Morgan fingerprint density at radius 3 is 2.13 bits per heavy atom. The van der Waals surface area contributed by atoms with Crippen molar-refractivity contribution in [3.8, 4) is 0 Å². The first kappa shape index (κ1) is 23.3. The molecule has 0 bridgehead atoms. The van der Waals surface area contributed by atoms with Crippen molar-refractivity contribution in [3.05, 3.63) is 34.4 Å². The Morgan fingerprint density at radius 2 is 1.57 bits per heavy atom. The van der Waals surface area contributed by atoms with Crippen molar-refractivity contribution < 1.29 is 4.74 Å². The molecule has 5 nitrogen and oxygen atoms in total. The van der Waals surface area contributed by atoms with Crippen LogP contribution in [-0.2, 0) is 21.1 Å². The van der Waals surface area contributed by atoms with E-state index in [1.54, 1.807) is 0 Å². The molecule has 0 spiro atoms. The number of rotatable bonds is 6. The Bertz CT molecular complexity index is 866. The minimum atomic E-state index is -0.0754. The number of nitrogens with zero attached hydrogens (tertiary/aromatic N) is 4. The lowest BCUT2D eigenvalue weighted by molar-refractivity contribution is 0.0663. The van der Waals surface area contributed by atoms with E-state index < -0.39 is 0 Å². The van der Waals surface area contributed by atoms with Crippen LogP contribution < -0.4 is 0 Å². The largest absolute Gasteiger partial charge is 0.381 e. The topological polar surface area (TPSA) is 44.9 Å². The summed E-state index contributed by atoms with van der Waals surface area (Å²) in [6.07, 6.45) is 7.97. The monoisotopic (exact) mass is 434 g/mol. The molecule has 0 amide bonds. The van der Waals surface area contributed by atoms with Crippen molar-refractivity contribution in [2.45, 2.75) is 103 Å². The van der Waals surface area contributed by atoms with Gasteiger partial charge in [0.05, 0.1) is 24.0 Å². The average Bonchev–Trinajstić information content (AvgIpc) is 3.24. The molecular weight excluding hydrogens is 396 g/mol. The minimum Gasteiger partial charge on any atom is -0.381 e. The van der Waals surface area contributed by atoms with Gasteiger partial charge in [0, 0.05) is 24.5 Å². The lowest BCUT2D eigenvalue weighted by Crippen LogP contribution is -2.32. The van der Waals surface area contributed by atoms with E-state index >= 15 is 0 Å². The van der Waals surface area contributed by atoms with Crippen LogP contribution in [0.4, 0.5) is 0 Å². The maximum absolute atomic E-state index is 6.83. The minimum absolute atomic E-state index is 0.0638. The second-order valence-corrected chi connectivity index (χ2v) is 11.5. The molecule has 1 aliphatic rings. The second-order valence-electron chi connectivity index (χ2n) is 11.1. The van der Waals surface area contributed by atoms with Gasteiger partial charge in [0.2, 0.25) is 0 Å². The van der Waals surface area contributed by atoms with Crippen LogP contribution in [-0.4, -0.2) is 32.8 Å². The summed E-state index contributed by atoms with van der Waals surface area (Å²) in [5.41, 5.74) is 3.68. The zero-order valence-electron chi connectivity index (χ0n) is 20.0. The molecule has 0 radical (unpaired) electrons. The Hall–Kier alpha value is -1.33. The second kappa shape index (κ2) is 8.31. The standard InChI is InChI=1S/C24H39ClN4O/c1-17-19(22(2,3)4)15-27-29(17)24(7,8)12-11-23(5,6)20-16-26-28(21(20)25)18-9-13-30-14-10-18/h15-16,18H,9-14H2,1-8H3. The third kappa shape index (κ3) is 4.62. The normalized spacial score (nSPS) is 17.0. The molecule has 2 aromatic rings. The SMILES string of the molecule is Cc1c(C(C)(C)C)cnn1C(C)(C)CCC(C)(C)c1cnn(C2CCOCC2)c1Cl. The quantitative estimate of drug-likeness (QED) is 0.544. The molecule has 0 aliphatic carbocycles. The number of halogens is 1. The summed E-state index contributed by atoms with van der Waals surface area (Å²) >= 11 is 6.83. The highest BCUT2D eigenvalue weighted by molar-refractivity contribution is 6.30. The zero-order valence-corrected chi connectivity index (χ0v) is 20.8. The smallest absolute Gasteiger partial charge is 0.131 e. The predicted octanol–water partition coefficient (Wildman–Crippen LogP) is 6.18. The molecule has 168 valence electrons. The van der Waals surface area contributed by atoms with E-state index in [1.807, 2.05) is 17.1 Å².